The Morgan fingerprint density at radius 3 is 1.41 bits per heavy atom. The van der Waals surface area contributed by atoms with Crippen LogP contribution >= 0.6 is 31.9 Å². The molecule has 0 aromatic carbocycles. The zero-order valence-corrected chi connectivity index (χ0v) is 59.9. The van der Waals surface area contributed by atoms with Crippen LogP contribution in [0.5, 0.6) is 0 Å². The molecule has 4 aliphatic rings. The molecule has 9 aromatic heterocycles. The molecule has 0 saturated carbocycles. The molecule has 6 atom stereocenters. The van der Waals surface area contributed by atoms with E-state index in [0.29, 0.717) is 29.3 Å². The summed E-state index contributed by atoms with van der Waals surface area (Å²) in [7, 11) is 0. The van der Waals surface area contributed by atoms with Gasteiger partial charge in [0.05, 0.1) is 38.8 Å². The van der Waals surface area contributed by atoms with Crippen LogP contribution in [0.1, 0.15) is 205 Å². The number of rotatable bonds is 11. The van der Waals surface area contributed by atoms with Crippen LogP contribution < -0.4 is 9.97 Å². The van der Waals surface area contributed by atoms with Crippen LogP contribution in [0.25, 0.3) is 34.2 Å². The fourth-order valence-corrected chi connectivity index (χ4v) is 13.2. The summed E-state index contributed by atoms with van der Waals surface area (Å²) in [5.41, 5.74) is 23.7. The van der Waals surface area contributed by atoms with Gasteiger partial charge in [-0.1, -0.05) is 98.7 Å². The van der Waals surface area contributed by atoms with Gasteiger partial charge in [0.25, 0.3) is 0 Å². The maximum atomic E-state index is 9.45. The summed E-state index contributed by atoms with van der Waals surface area (Å²) >= 11 is 6.89. The molecule has 0 amide bonds. The number of halogens is 2. The molecular formula is C72H86Br2N12OZn. The Morgan fingerprint density at radius 2 is 0.966 bits per heavy atom. The second-order valence-corrected chi connectivity index (χ2v) is 28.3. The fraction of sp³-hybridized carbons (Fsp3) is 0.389. The molecule has 0 aliphatic carbocycles. The Balaban J connectivity index is 0.000000145. The Bertz CT molecular complexity index is 4110. The number of fused-ring (bicyclic) bond motifs is 8. The number of aliphatic imine (C=N–C) groups is 2. The molecule has 13 heterocycles. The minimum atomic E-state index is -0.448. The number of aliphatic hydroxyl groups is 1. The van der Waals surface area contributed by atoms with Crippen LogP contribution in [0.4, 0.5) is 0 Å². The predicted octanol–water partition coefficient (Wildman–Crippen LogP) is 17.5. The number of aromatic nitrogens is 10. The third-order valence-corrected chi connectivity index (χ3v) is 18.9. The van der Waals surface area contributed by atoms with Gasteiger partial charge in [-0.05, 0) is 186 Å². The molecule has 8 bridgehead atoms. The third-order valence-electron chi connectivity index (χ3n) is 18.0. The summed E-state index contributed by atoms with van der Waals surface area (Å²) in [6.45, 7) is 30.5. The van der Waals surface area contributed by atoms with E-state index < -0.39 is 6.10 Å². The standard InChI is InChI=1S/C24H31BrN4.C24H22N4.C12H15BrN2O.C12H18N2.Zn/c1-14-13-24(4,5)22(26-14)12-17-6-7-18(27-17)15(2)19-8-9-20(28-19)16(3)21-10-11-23(25)29-21;1-14-19-7-5-16(25-19)11-18-13-24(3,4)23(27-18)12-17-6-8-20(26-17)15(2)22-10-9-21(14)28-22;1-7(10-5-6-12(13)15-10)9-3-4-11(14-9)8(2)16;1-9-8-12(2,3)11(14-9)7-10-5-4-6-13-10;/h6-11,15-16,22,27-29H,12-13H2,1-5H3;5-12H,13H2,1-4H3;3-8,14-16H,1-2H3;4-6,11,13H,7-8H2,1-3H3;/q;-2;;;+2. The molecule has 7 N–H and O–H groups in total. The molecule has 4 aliphatic heterocycles. The SMILES string of the molecule is CC(O)c1ccc(C(C)c2ccc(Br)[nH]2)[nH]1.CC1=NC(Cc2ccc(C(C)c3ccc(C(C)c4ccc(Br)[nH]4)[nH]3)[nH]2)C(C)(C)C1.CC1=NC(Cc2ccc[nH]2)C(C)(C)C1.Cc1c2nc(c(C)c3ccc(cc4nc(cc5ccc1[n-]5)CC4(C)C)[n-]3)C=C2.[Zn+2]. The van der Waals surface area contributed by atoms with Crippen molar-refractivity contribution in [1.82, 2.24) is 49.8 Å². The van der Waals surface area contributed by atoms with E-state index in [2.05, 4.69) is 249 Å². The van der Waals surface area contributed by atoms with E-state index in [-0.39, 0.29) is 36.2 Å². The molecule has 9 aromatic rings. The average Bonchev–Trinajstić information content (AvgIpc) is 3.19. The fourth-order valence-electron chi connectivity index (χ4n) is 12.4. The summed E-state index contributed by atoms with van der Waals surface area (Å²) in [5.74, 6) is 0.854. The van der Waals surface area contributed by atoms with Gasteiger partial charge in [0.2, 0.25) is 0 Å². The van der Waals surface area contributed by atoms with Gasteiger partial charge in [-0.25, -0.2) is 4.98 Å². The van der Waals surface area contributed by atoms with Gasteiger partial charge in [-0.2, -0.15) is 0 Å². The maximum Gasteiger partial charge on any atom is 2.00 e. The van der Waals surface area contributed by atoms with Crippen molar-refractivity contribution in [3.63, 3.8) is 0 Å². The smallest absolute Gasteiger partial charge is 0.658 e. The Hall–Kier alpha value is -6.58. The Morgan fingerprint density at radius 1 is 0.523 bits per heavy atom. The maximum absolute atomic E-state index is 9.45. The van der Waals surface area contributed by atoms with Crippen molar-refractivity contribution in [2.24, 2.45) is 20.8 Å². The second kappa shape index (κ2) is 27.3. The van der Waals surface area contributed by atoms with E-state index in [1.807, 2.05) is 30.5 Å². The first-order valence-corrected chi connectivity index (χ1v) is 32.2. The van der Waals surface area contributed by atoms with Crippen molar-refractivity contribution >= 4 is 77.5 Å². The summed E-state index contributed by atoms with van der Waals surface area (Å²) in [6.07, 6.45) is 10.8. The van der Waals surface area contributed by atoms with Crippen molar-refractivity contribution in [3.05, 3.63) is 210 Å². The van der Waals surface area contributed by atoms with Gasteiger partial charge >= 0.3 is 19.5 Å². The third kappa shape index (κ3) is 15.5. The van der Waals surface area contributed by atoms with Crippen LogP contribution in [-0.2, 0) is 44.2 Å². The van der Waals surface area contributed by atoms with Crippen molar-refractivity contribution in [3.8, 4) is 0 Å². The molecule has 13 nitrogen and oxygen atoms in total. The van der Waals surface area contributed by atoms with Crippen molar-refractivity contribution in [1.29, 1.82) is 0 Å². The van der Waals surface area contributed by atoms with Crippen LogP contribution in [0.3, 0.4) is 0 Å². The van der Waals surface area contributed by atoms with Crippen LogP contribution in [0.15, 0.2) is 135 Å². The Labute approximate surface area is 549 Å². The quantitative estimate of drug-likeness (QED) is 0.0632. The summed E-state index contributed by atoms with van der Waals surface area (Å²) in [6, 6.07) is 38.5. The van der Waals surface area contributed by atoms with Gasteiger partial charge in [-0.15, -0.1) is 22.1 Å². The number of aliphatic hydroxyl groups excluding tert-OH is 1. The number of aromatic amines is 6. The second-order valence-electron chi connectivity index (χ2n) is 26.5. The van der Waals surface area contributed by atoms with Gasteiger partial charge in [0, 0.05) is 123 Å². The van der Waals surface area contributed by atoms with E-state index in [4.69, 9.17) is 29.9 Å². The zero-order valence-electron chi connectivity index (χ0n) is 53.7. The molecule has 0 saturated heterocycles. The summed E-state index contributed by atoms with van der Waals surface area (Å²) in [5, 5.41) is 9.45. The van der Waals surface area contributed by atoms with Crippen molar-refractivity contribution in [2.75, 3.05) is 0 Å². The number of hydrogen-bond donors (Lipinski definition) is 7. The van der Waals surface area contributed by atoms with E-state index >= 15 is 0 Å². The van der Waals surface area contributed by atoms with Gasteiger partial charge < -0.3 is 45.0 Å². The Kier molecular flexibility index (Phi) is 20.4. The van der Waals surface area contributed by atoms with Crippen LogP contribution in [0, 0.1) is 24.7 Å². The number of H-pyrrole nitrogens is 6. The van der Waals surface area contributed by atoms with Crippen LogP contribution in [0.2, 0.25) is 0 Å². The first-order chi connectivity index (χ1) is 41.3. The van der Waals surface area contributed by atoms with E-state index in [9.17, 15) is 5.11 Å². The molecule has 6 unspecified atom stereocenters. The molecule has 0 radical (unpaired) electrons. The molecule has 88 heavy (non-hydrogen) atoms. The molecule has 456 valence electrons. The topological polar surface area (TPSA) is 194 Å². The molecular weight excluding hydrogens is 1270 g/mol. The van der Waals surface area contributed by atoms with Gasteiger partial charge in [0.1, 0.15) is 0 Å². The first kappa shape index (κ1) is 65.9. The summed E-state index contributed by atoms with van der Waals surface area (Å²) < 4.78 is 2.00. The van der Waals surface area contributed by atoms with Crippen molar-refractivity contribution in [2.45, 2.75) is 170 Å². The van der Waals surface area contributed by atoms with Crippen LogP contribution in [-0.4, -0.2) is 68.5 Å². The zero-order chi connectivity index (χ0) is 62.1. The van der Waals surface area contributed by atoms with Crippen molar-refractivity contribution < 1.29 is 24.6 Å². The summed E-state index contributed by atoms with van der Waals surface area (Å²) in [4.78, 5) is 49.4. The minimum Gasteiger partial charge on any atom is -0.658 e. The van der Waals surface area contributed by atoms with E-state index in [1.165, 1.54) is 45.6 Å². The van der Waals surface area contributed by atoms with Gasteiger partial charge in [-0.3, -0.25) is 15.0 Å². The monoisotopic (exact) mass is 1360 g/mol. The average molecular weight is 1360 g/mol. The molecule has 0 spiro atoms. The largest absolute Gasteiger partial charge is 2.00 e. The minimum absolute atomic E-state index is 0. The molecule has 0 fully saturated rings. The predicted molar refractivity (Wildman–Crippen MR) is 365 cm³/mol. The number of nitrogens with one attached hydrogen (secondary N) is 6. The van der Waals surface area contributed by atoms with E-state index in [0.717, 1.165) is 114 Å². The first-order valence-electron chi connectivity index (χ1n) is 30.6. The molecule has 13 rings (SSSR count). The number of aryl methyl sites for hydroxylation is 2. The van der Waals surface area contributed by atoms with Gasteiger partial charge in [0.15, 0.2) is 0 Å². The number of hydrogen-bond acceptors (Lipinski definition) is 5. The molecule has 16 heteroatoms. The number of nitrogens with zero attached hydrogens (tertiary/aromatic N) is 6. The normalized spacial score (nSPS) is 18.3. The van der Waals surface area contributed by atoms with E-state index in [1.54, 1.807) is 6.92 Å².